The van der Waals surface area contributed by atoms with Crippen LogP contribution in [0, 0.1) is 6.92 Å². The van der Waals surface area contributed by atoms with Crippen LogP contribution in [-0.4, -0.2) is 19.6 Å². The second-order valence-electron chi connectivity index (χ2n) is 4.20. The van der Waals surface area contributed by atoms with Gasteiger partial charge in [0.05, 0.1) is 0 Å². The predicted octanol–water partition coefficient (Wildman–Crippen LogP) is 2.77. The summed E-state index contributed by atoms with van der Waals surface area (Å²) in [7, 11) is 2.01. The van der Waals surface area contributed by atoms with Crippen molar-refractivity contribution < 1.29 is 0 Å². The highest BCUT2D eigenvalue weighted by Crippen LogP contribution is 2.38. The second-order valence-corrected chi connectivity index (χ2v) is 4.61. The first-order chi connectivity index (χ1) is 7.15. The van der Waals surface area contributed by atoms with E-state index in [1.165, 1.54) is 16.8 Å². The monoisotopic (exact) mass is 224 g/mol. The van der Waals surface area contributed by atoms with E-state index in [1.54, 1.807) is 0 Å². The van der Waals surface area contributed by atoms with Crippen LogP contribution in [0.15, 0.2) is 12.1 Å². The molecule has 1 aliphatic rings. The molecule has 0 bridgehead atoms. The van der Waals surface area contributed by atoms with E-state index in [0.717, 1.165) is 11.6 Å². The van der Waals surface area contributed by atoms with Crippen LogP contribution in [0.3, 0.4) is 0 Å². The molecular weight excluding hydrogens is 208 g/mol. The number of halogens is 1. The van der Waals surface area contributed by atoms with Gasteiger partial charge in [0.15, 0.2) is 0 Å². The zero-order valence-electron chi connectivity index (χ0n) is 9.39. The topological polar surface area (TPSA) is 24.1 Å². The number of anilines is 1. The summed E-state index contributed by atoms with van der Waals surface area (Å²) in [4.78, 5) is 0. The molecule has 2 N–H and O–H groups in total. The summed E-state index contributed by atoms with van der Waals surface area (Å²) in [5.74, 6) is 0.543. The standard InChI is InChI=1S/C12H17ClN2/c1-7-11(13)5-4-9-10(8(2)14-3)6-15-12(7)9/h4-5,8,10,14-15H,6H2,1-3H3. The molecular formula is C12H17ClN2. The molecule has 0 saturated heterocycles. The molecule has 2 rings (SSSR count). The van der Waals surface area contributed by atoms with Crippen molar-refractivity contribution in [2.45, 2.75) is 25.8 Å². The van der Waals surface area contributed by atoms with E-state index in [4.69, 9.17) is 11.6 Å². The van der Waals surface area contributed by atoms with Crippen LogP contribution in [-0.2, 0) is 0 Å². The molecule has 0 fully saturated rings. The minimum absolute atomic E-state index is 0.485. The minimum Gasteiger partial charge on any atom is -0.384 e. The first-order valence-corrected chi connectivity index (χ1v) is 5.73. The van der Waals surface area contributed by atoms with Gasteiger partial charge in [-0.05, 0) is 38.1 Å². The number of hydrogen-bond acceptors (Lipinski definition) is 2. The lowest BCUT2D eigenvalue weighted by Gasteiger charge is -2.18. The fourth-order valence-electron chi connectivity index (χ4n) is 2.22. The lowest BCUT2D eigenvalue weighted by Crippen LogP contribution is -2.29. The first-order valence-electron chi connectivity index (χ1n) is 5.35. The third-order valence-corrected chi connectivity index (χ3v) is 3.80. The number of hydrogen-bond donors (Lipinski definition) is 2. The van der Waals surface area contributed by atoms with E-state index >= 15 is 0 Å². The van der Waals surface area contributed by atoms with Crippen LogP contribution in [0.4, 0.5) is 5.69 Å². The van der Waals surface area contributed by atoms with Gasteiger partial charge in [0.25, 0.3) is 0 Å². The Morgan fingerprint density at radius 1 is 1.53 bits per heavy atom. The Morgan fingerprint density at radius 2 is 2.27 bits per heavy atom. The van der Waals surface area contributed by atoms with Gasteiger partial charge in [0.2, 0.25) is 0 Å². The SMILES string of the molecule is CNC(C)C1CNc2c1ccc(Cl)c2C. The van der Waals surface area contributed by atoms with Crippen molar-refractivity contribution in [3.8, 4) is 0 Å². The molecule has 2 nitrogen and oxygen atoms in total. The molecule has 0 spiro atoms. The molecule has 1 aliphatic heterocycles. The summed E-state index contributed by atoms with van der Waals surface area (Å²) in [5.41, 5.74) is 3.79. The third kappa shape index (κ3) is 1.72. The van der Waals surface area contributed by atoms with Crippen molar-refractivity contribution in [3.05, 3.63) is 28.3 Å². The zero-order valence-corrected chi connectivity index (χ0v) is 10.2. The van der Waals surface area contributed by atoms with Crippen molar-refractivity contribution in [2.75, 3.05) is 18.9 Å². The summed E-state index contributed by atoms with van der Waals surface area (Å²) in [6, 6.07) is 4.63. The van der Waals surface area contributed by atoms with Crippen LogP contribution in [0.25, 0.3) is 0 Å². The summed E-state index contributed by atoms with van der Waals surface area (Å²) in [6.45, 7) is 5.28. The van der Waals surface area contributed by atoms with Crippen molar-refractivity contribution in [1.29, 1.82) is 0 Å². The van der Waals surface area contributed by atoms with E-state index in [1.807, 2.05) is 13.1 Å². The van der Waals surface area contributed by atoms with E-state index in [2.05, 4.69) is 30.5 Å². The van der Waals surface area contributed by atoms with Gasteiger partial charge < -0.3 is 10.6 Å². The van der Waals surface area contributed by atoms with Crippen LogP contribution in [0.1, 0.15) is 24.0 Å². The smallest absolute Gasteiger partial charge is 0.0455 e. The Balaban J connectivity index is 2.40. The molecule has 1 aromatic rings. The Labute approximate surface area is 96.0 Å². The van der Waals surface area contributed by atoms with E-state index in [0.29, 0.717) is 12.0 Å². The maximum absolute atomic E-state index is 6.10. The largest absolute Gasteiger partial charge is 0.384 e. The summed E-state index contributed by atoms with van der Waals surface area (Å²) in [5, 5.41) is 7.61. The Bertz CT molecular complexity index is 376. The normalized spacial score (nSPS) is 20.9. The number of benzene rings is 1. The Kier molecular flexibility index (Phi) is 2.89. The van der Waals surface area contributed by atoms with E-state index in [9.17, 15) is 0 Å². The van der Waals surface area contributed by atoms with Gasteiger partial charge in [-0.3, -0.25) is 0 Å². The Morgan fingerprint density at radius 3 is 2.93 bits per heavy atom. The van der Waals surface area contributed by atoms with Crippen molar-refractivity contribution in [3.63, 3.8) is 0 Å². The summed E-state index contributed by atoms with van der Waals surface area (Å²) in [6.07, 6.45) is 0. The quantitative estimate of drug-likeness (QED) is 0.808. The molecule has 2 atom stereocenters. The molecule has 3 heteroatoms. The first kappa shape index (κ1) is 10.8. The second kappa shape index (κ2) is 4.03. The average Bonchev–Trinajstić information content (AvgIpc) is 2.66. The van der Waals surface area contributed by atoms with E-state index < -0.39 is 0 Å². The lowest BCUT2D eigenvalue weighted by atomic mass is 9.93. The molecule has 0 aliphatic carbocycles. The summed E-state index contributed by atoms with van der Waals surface area (Å²) >= 11 is 6.10. The molecule has 82 valence electrons. The zero-order chi connectivity index (χ0) is 11.0. The van der Waals surface area contributed by atoms with Gasteiger partial charge in [0, 0.05) is 29.2 Å². The number of likely N-dealkylation sites (N-methyl/N-ethyl adjacent to an activating group) is 1. The van der Waals surface area contributed by atoms with E-state index in [-0.39, 0.29) is 0 Å². The van der Waals surface area contributed by atoms with Crippen LogP contribution in [0.2, 0.25) is 5.02 Å². The molecule has 0 saturated carbocycles. The molecule has 1 aromatic carbocycles. The van der Waals surface area contributed by atoms with Crippen LogP contribution < -0.4 is 10.6 Å². The van der Waals surface area contributed by atoms with Gasteiger partial charge in [-0.1, -0.05) is 17.7 Å². The van der Waals surface area contributed by atoms with Crippen molar-refractivity contribution in [1.82, 2.24) is 5.32 Å². The molecule has 15 heavy (non-hydrogen) atoms. The summed E-state index contributed by atoms with van der Waals surface area (Å²) < 4.78 is 0. The fourth-order valence-corrected chi connectivity index (χ4v) is 2.38. The highest BCUT2D eigenvalue weighted by molar-refractivity contribution is 6.31. The number of fused-ring (bicyclic) bond motifs is 1. The van der Waals surface area contributed by atoms with Gasteiger partial charge in [-0.25, -0.2) is 0 Å². The molecule has 0 radical (unpaired) electrons. The maximum atomic E-state index is 6.10. The van der Waals surface area contributed by atoms with Gasteiger partial charge in [0.1, 0.15) is 0 Å². The van der Waals surface area contributed by atoms with Crippen molar-refractivity contribution in [2.24, 2.45) is 0 Å². The molecule has 2 unspecified atom stereocenters. The highest BCUT2D eigenvalue weighted by Gasteiger charge is 2.27. The Hall–Kier alpha value is -0.730. The number of nitrogens with one attached hydrogen (secondary N) is 2. The minimum atomic E-state index is 0.485. The molecule has 1 heterocycles. The van der Waals surface area contributed by atoms with Crippen LogP contribution in [0.5, 0.6) is 0 Å². The highest BCUT2D eigenvalue weighted by atomic mass is 35.5. The lowest BCUT2D eigenvalue weighted by molar-refractivity contribution is 0.523. The maximum Gasteiger partial charge on any atom is 0.0455 e. The fraction of sp³-hybridized carbons (Fsp3) is 0.500. The number of rotatable bonds is 2. The third-order valence-electron chi connectivity index (χ3n) is 3.39. The van der Waals surface area contributed by atoms with Gasteiger partial charge >= 0.3 is 0 Å². The van der Waals surface area contributed by atoms with Gasteiger partial charge in [-0.2, -0.15) is 0 Å². The predicted molar refractivity (Wildman–Crippen MR) is 65.9 cm³/mol. The van der Waals surface area contributed by atoms with Gasteiger partial charge in [-0.15, -0.1) is 0 Å². The van der Waals surface area contributed by atoms with Crippen LogP contribution >= 0.6 is 11.6 Å². The molecule has 0 amide bonds. The molecule has 0 aromatic heterocycles. The van der Waals surface area contributed by atoms with Crippen molar-refractivity contribution >= 4 is 17.3 Å². The average molecular weight is 225 g/mol.